The van der Waals surface area contributed by atoms with Gasteiger partial charge in [-0.3, -0.25) is 10.2 Å². The fraction of sp³-hybridized carbons (Fsp3) is 0.458. The maximum atomic E-state index is 13.3. The van der Waals surface area contributed by atoms with Crippen molar-refractivity contribution >= 4 is 34.3 Å². The summed E-state index contributed by atoms with van der Waals surface area (Å²) in [5.41, 5.74) is 3.97. The smallest absolute Gasteiger partial charge is 0.182 e. The van der Waals surface area contributed by atoms with Crippen LogP contribution in [0, 0.1) is 12.3 Å². The number of methoxy groups -OCH3 is 1. The van der Waals surface area contributed by atoms with Gasteiger partial charge >= 0.3 is 0 Å². The van der Waals surface area contributed by atoms with E-state index in [9.17, 15) is 9.90 Å². The van der Waals surface area contributed by atoms with Gasteiger partial charge in [-0.2, -0.15) is 0 Å². The zero-order valence-corrected chi connectivity index (χ0v) is 21.4. The number of aryl methyl sites for hydroxylation is 1. The molecule has 8 heteroatoms. The molecule has 0 fully saturated rings. The van der Waals surface area contributed by atoms with Crippen LogP contribution in [0.5, 0.6) is 5.75 Å². The number of fused-ring (bicyclic) bond motifs is 1. The first kappa shape index (κ1) is 25.8. The largest absolute Gasteiger partial charge is 0.505 e. The molecule has 2 heterocycles. The second-order valence-corrected chi connectivity index (χ2v) is 9.14. The topological polar surface area (TPSA) is 89.8 Å². The standard InChI is InChI=1S/C24H32N4O3.BrH/c1-15-7-8-16-13-28(23(25)21(16)26-15)14-20(29)17-11-18(24(2,3)4)22(30)19(12-17)27(5)9-10-31-6;/h7-8,11-12,25,30H,9-10,13-14H2,1-6H3;1H. The number of aromatic nitrogens is 1. The molecule has 2 N–H and O–H groups in total. The molecule has 0 saturated carbocycles. The van der Waals surface area contributed by atoms with Gasteiger partial charge in [0, 0.05) is 49.6 Å². The Morgan fingerprint density at radius 2 is 2.00 bits per heavy atom. The van der Waals surface area contributed by atoms with Gasteiger partial charge in [0.25, 0.3) is 0 Å². The summed E-state index contributed by atoms with van der Waals surface area (Å²) >= 11 is 0. The number of Topliss-reactive ketones (excluding diaryl/α,β-unsaturated/α-hetero) is 1. The number of hydrogen-bond donors (Lipinski definition) is 2. The summed E-state index contributed by atoms with van der Waals surface area (Å²) in [6, 6.07) is 7.41. The van der Waals surface area contributed by atoms with Crippen LogP contribution in [0.25, 0.3) is 0 Å². The first-order chi connectivity index (χ1) is 14.5. The molecule has 1 aliphatic heterocycles. The number of carbonyl (C=O) groups is 1. The fourth-order valence-electron chi connectivity index (χ4n) is 3.74. The number of benzene rings is 1. The maximum absolute atomic E-state index is 13.3. The Hall–Kier alpha value is -2.45. The molecule has 2 aromatic rings. The van der Waals surface area contributed by atoms with Gasteiger partial charge in [-0.1, -0.05) is 26.8 Å². The molecule has 32 heavy (non-hydrogen) atoms. The summed E-state index contributed by atoms with van der Waals surface area (Å²) in [5.74, 6) is 0.365. The van der Waals surface area contributed by atoms with E-state index in [1.165, 1.54) is 0 Å². The third kappa shape index (κ3) is 5.30. The minimum absolute atomic E-state index is 0. The van der Waals surface area contributed by atoms with E-state index in [1.807, 2.05) is 51.8 Å². The Labute approximate surface area is 200 Å². The van der Waals surface area contributed by atoms with Crippen LogP contribution in [0.4, 0.5) is 5.69 Å². The molecule has 0 amide bonds. The lowest BCUT2D eigenvalue weighted by molar-refractivity contribution is 0.0962. The van der Waals surface area contributed by atoms with Crippen molar-refractivity contribution in [2.45, 2.75) is 39.7 Å². The number of phenolic OH excluding ortho intramolecular Hbond substituents is 1. The van der Waals surface area contributed by atoms with Gasteiger partial charge in [-0.15, -0.1) is 17.0 Å². The summed E-state index contributed by atoms with van der Waals surface area (Å²) in [6.07, 6.45) is 0. The van der Waals surface area contributed by atoms with Crippen LogP contribution in [-0.4, -0.2) is 60.5 Å². The zero-order chi connectivity index (χ0) is 22.9. The Bertz CT molecular complexity index is 1020. The van der Waals surface area contributed by atoms with Crippen molar-refractivity contribution in [3.8, 4) is 5.75 Å². The van der Waals surface area contributed by atoms with Crippen LogP contribution in [0.15, 0.2) is 24.3 Å². The minimum atomic E-state index is -0.338. The normalized spacial score (nSPS) is 13.1. The highest BCUT2D eigenvalue weighted by Crippen LogP contribution is 2.39. The van der Waals surface area contributed by atoms with Crippen LogP contribution in [-0.2, 0) is 16.7 Å². The number of nitrogens with one attached hydrogen (secondary N) is 1. The Balaban J connectivity index is 0.00000363. The number of anilines is 1. The average molecular weight is 505 g/mol. The number of pyridine rings is 1. The van der Waals surface area contributed by atoms with Gasteiger partial charge in [0.15, 0.2) is 5.78 Å². The van der Waals surface area contributed by atoms with Gasteiger partial charge in [-0.25, -0.2) is 4.98 Å². The van der Waals surface area contributed by atoms with Crippen molar-refractivity contribution in [3.05, 3.63) is 52.3 Å². The molecule has 3 rings (SSSR count). The molecule has 0 unspecified atom stereocenters. The molecule has 0 saturated heterocycles. The molecule has 1 aliphatic rings. The molecule has 174 valence electrons. The van der Waals surface area contributed by atoms with Crippen molar-refractivity contribution < 1.29 is 14.6 Å². The predicted octanol–water partition coefficient (Wildman–Crippen LogP) is 4.08. The average Bonchev–Trinajstić information content (AvgIpc) is 3.00. The van der Waals surface area contributed by atoms with Crippen molar-refractivity contribution in [1.29, 1.82) is 5.41 Å². The first-order valence-electron chi connectivity index (χ1n) is 10.4. The number of amidine groups is 1. The van der Waals surface area contributed by atoms with Gasteiger partial charge in [0.05, 0.1) is 18.8 Å². The molecular weight excluding hydrogens is 472 g/mol. The number of likely N-dealkylation sites (N-methyl/N-ethyl adjacent to an activating group) is 1. The molecule has 7 nitrogen and oxygen atoms in total. The molecule has 0 atom stereocenters. The third-order valence-electron chi connectivity index (χ3n) is 5.62. The van der Waals surface area contributed by atoms with Crippen molar-refractivity contribution in [1.82, 2.24) is 9.88 Å². The van der Waals surface area contributed by atoms with E-state index in [4.69, 9.17) is 10.1 Å². The molecule has 0 radical (unpaired) electrons. The van der Waals surface area contributed by atoms with E-state index in [1.54, 1.807) is 24.1 Å². The fourth-order valence-corrected chi connectivity index (χ4v) is 3.74. The van der Waals surface area contributed by atoms with Gasteiger partial charge in [-0.05, 0) is 30.5 Å². The van der Waals surface area contributed by atoms with E-state index in [0.29, 0.717) is 36.6 Å². The number of nitrogens with zero attached hydrogens (tertiary/aromatic N) is 3. The van der Waals surface area contributed by atoms with E-state index in [-0.39, 0.29) is 46.3 Å². The van der Waals surface area contributed by atoms with Crippen LogP contribution < -0.4 is 4.90 Å². The predicted molar refractivity (Wildman–Crippen MR) is 133 cm³/mol. The van der Waals surface area contributed by atoms with Gasteiger partial charge < -0.3 is 19.6 Å². The van der Waals surface area contributed by atoms with Crippen LogP contribution in [0.1, 0.15) is 53.6 Å². The number of hydrogen-bond acceptors (Lipinski definition) is 6. The van der Waals surface area contributed by atoms with Gasteiger partial charge in [0.2, 0.25) is 0 Å². The molecular formula is C24H33BrN4O3. The van der Waals surface area contributed by atoms with Crippen molar-refractivity contribution in [2.75, 3.05) is 38.8 Å². The molecule has 1 aromatic heterocycles. The van der Waals surface area contributed by atoms with Crippen molar-refractivity contribution in [2.24, 2.45) is 0 Å². The summed E-state index contributed by atoms with van der Waals surface area (Å²) in [4.78, 5) is 21.4. The van der Waals surface area contributed by atoms with Gasteiger partial charge in [0.1, 0.15) is 17.3 Å². The highest BCUT2D eigenvalue weighted by Gasteiger charge is 2.29. The number of carbonyl (C=O) groups excluding carboxylic acids is 1. The monoisotopic (exact) mass is 504 g/mol. The number of ether oxygens (including phenoxy) is 1. The second-order valence-electron chi connectivity index (χ2n) is 9.14. The van der Waals surface area contributed by atoms with Crippen LogP contribution >= 0.6 is 17.0 Å². The Morgan fingerprint density at radius 1 is 1.31 bits per heavy atom. The summed E-state index contributed by atoms with van der Waals surface area (Å²) in [6.45, 7) is 9.61. The maximum Gasteiger partial charge on any atom is 0.182 e. The first-order valence-corrected chi connectivity index (χ1v) is 10.4. The number of aromatic hydroxyl groups is 1. The lowest BCUT2D eigenvalue weighted by Gasteiger charge is -2.27. The Kier molecular flexibility index (Phi) is 8.07. The summed E-state index contributed by atoms with van der Waals surface area (Å²) in [5, 5.41) is 19.4. The van der Waals surface area contributed by atoms with Crippen LogP contribution in [0.2, 0.25) is 0 Å². The number of ketones is 1. The number of halogens is 1. The number of phenols is 1. The molecule has 1 aromatic carbocycles. The zero-order valence-electron chi connectivity index (χ0n) is 19.7. The Morgan fingerprint density at radius 3 is 2.62 bits per heavy atom. The van der Waals surface area contributed by atoms with E-state index in [0.717, 1.165) is 16.8 Å². The lowest BCUT2D eigenvalue weighted by atomic mass is 9.84. The minimum Gasteiger partial charge on any atom is -0.505 e. The van der Waals surface area contributed by atoms with Crippen LogP contribution in [0.3, 0.4) is 0 Å². The summed E-state index contributed by atoms with van der Waals surface area (Å²) in [7, 11) is 3.50. The number of rotatable bonds is 7. The van der Waals surface area contributed by atoms with E-state index in [2.05, 4.69) is 4.98 Å². The molecule has 0 aliphatic carbocycles. The molecule has 0 spiro atoms. The molecule has 0 bridgehead atoms. The van der Waals surface area contributed by atoms with E-state index >= 15 is 0 Å². The lowest BCUT2D eigenvalue weighted by Crippen LogP contribution is -2.31. The van der Waals surface area contributed by atoms with E-state index < -0.39 is 0 Å². The summed E-state index contributed by atoms with van der Waals surface area (Å²) < 4.78 is 5.16. The highest BCUT2D eigenvalue weighted by molar-refractivity contribution is 8.93. The second kappa shape index (κ2) is 10.0. The third-order valence-corrected chi connectivity index (χ3v) is 5.62. The quantitative estimate of drug-likeness (QED) is 0.552. The highest BCUT2D eigenvalue weighted by atomic mass is 79.9. The van der Waals surface area contributed by atoms with Crippen molar-refractivity contribution in [3.63, 3.8) is 0 Å². The SMILES string of the molecule is Br.COCCN(C)c1cc(C(=O)CN2Cc3ccc(C)nc3C2=N)cc(C(C)(C)C)c1O.